The molecular formula is C18H22N2O3. The van der Waals surface area contributed by atoms with E-state index in [9.17, 15) is 9.59 Å². The minimum atomic E-state index is -0.638. The Kier molecular flexibility index (Phi) is 4.74. The van der Waals surface area contributed by atoms with Crippen LogP contribution in [0.3, 0.4) is 0 Å². The summed E-state index contributed by atoms with van der Waals surface area (Å²) in [6.07, 6.45) is 6.14. The van der Waals surface area contributed by atoms with Crippen LogP contribution in [0.5, 0.6) is 0 Å². The quantitative estimate of drug-likeness (QED) is 0.813. The summed E-state index contributed by atoms with van der Waals surface area (Å²) in [5.41, 5.74) is 0.330. The molecule has 122 valence electrons. The van der Waals surface area contributed by atoms with E-state index >= 15 is 0 Å². The first-order valence-electron chi connectivity index (χ1n) is 8.37. The zero-order valence-electron chi connectivity index (χ0n) is 13.5. The molecule has 1 saturated carbocycles. The first-order valence-corrected chi connectivity index (χ1v) is 8.37. The zero-order valence-corrected chi connectivity index (χ0v) is 13.5. The van der Waals surface area contributed by atoms with E-state index in [0.29, 0.717) is 11.3 Å². The van der Waals surface area contributed by atoms with Gasteiger partial charge in [0.2, 0.25) is 11.1 Å². The van der Waals surface area contributed by atoms with E-state index in [2.05, 4.69) is 5.10 Å². The van der Waals surface area contributed by atoms with Crippen LogP contribution in [0.25, 0.3) is 10.9 Å². The van der Waals surface area contributed by atoms with Crippen molar-refractivity contribution in [3.05, 3.63) is 40.2 Å². The fraction of sp³-hybridized carbons (Fsp3) is 0.500. The van der Waals surface area contributed by atoms with Crippen LogP contribution in [0.1, 0.15) is 49.5 Å². The van der Waals surface area contributed by atoms with Crippen molar-refractivity contribution in [1.82, 2.24) is 9.78 Å². The molecule has 0 N–H and O–H groups in total. The molecule has 1 aliphatic carbocycles. The molecule has 1 aliphatic rings. The Morgan fingerprint density at radius 3 is 2.74 bits per heavy atom. The summed E-state index contributed by atoms with van der Waals surface area (Å²) in [6.45, 7) is 2.70. The summed E-state index contributed by atoms with van der Waals surface area (Å²) in [7, 11) is 0. The van der Waals surface area contributed by atoms with Gasteiger partial charge in [-0.1, -0.05) is 31.4 Å². The normalized spacial score (nSPS) is 15.7. The Bertz CT molecular complexity index is 760. The molecule has 0 saturated heterocycles. The van der Waals surface area contributed by atoms with Gasteiger partial charge in [-0.25, -0.2) is 4.79 Å². The fourth-order valence-electron chi connectivity index (χ4n) is 3.32. The second-order valence-electron chi connectivity index (χ2n) is 6.10. The monoisotopic (exact) mass is 314 g/mol. The van der Waals surface area contributed by atoms with E-state index in [-0.39, 0.29) is 17.7 Å². The number of benzene rings is 1. The van der Waals surface area contributed by atoms with Crippen molar-refractivity contribution in [1.29, 1.82) is 0 Å². The van der Waals surface area contributed by atoms with E-state index in [4.69, 9.17) is 4.74 Å². The number of hydrogen-bond donors (Lipinski definition) is 0. The van der Waals surface area contributed by atoms with E-state index in [1.807, 2.05) is 22.9 Å². The molecule has 1 aromatic carbocycles. The van der Waals surface area contributed by atoms with Gasteiger partial charge >= 0.3 is 5.97 Å². The number of hydrogen-bond acceptors (Lipinski definition) is 4. The van der Waals surface area contributed by atoms with Crippen LogP contribution >= 0.6 is 0 Å². The van der Waals surface area contributed by atoms with E-state index in [1.165, 1.54) is 32.1 Å². The van der Waals surface area contributed by atoms with Gasteiger partial charge in [0.1, 0.15) is 0 Å². The van der Waals surface area contributed by atoms with Gasteiger partial charge in [-0.15, -0.1) is 0 Å². The lowest BCUT2D eigenvalue weighted by Crippen LogP contribution is -2.26. The van der Waals surface area contributed by atoms with Gasteiger partial charge in [0.05, 0.1) is 12.1 Å². The molecule has 5 heteroatoms. The van der Waals surface area contributed by atoms with Crippen molar-refractivity contribution in [3.63, 3.8) is 0 Å². The van der Waals surface area contributed by atoms with Crippen LogP contribution in [0.15, 0.2) is 29.1 Å². The predicted molar refractivity (Wildman–Crippen MR) is 88.5 cm³/mol. The SMILES string of the molecule is CCOC(=O)c1nn(CC2CCCCC2)c2ccccc2c1=O. The summed E-state index contributed by atoms with van der Waals surface area (Å²) in [5.74, 6) is -0.0853. The molecule has 0 bridgehead atoms. The maximum atomic E-state index is 12.5. The molecule has 5 nitrogen and oxygen atoms in total. The lowest BCUT2D eigenvalue weighted by Gasteiger charge is -2.23. The fourth-order valence-corrected chi connectivity index (χ4v) is 3.32. The second kappa shape index (κ2) is 6.94. The van der Waals surface area contributed by atoms with Gasteiger partial charge in [0, 0.05) is 11.9 Å². The number of carbonyl (C=O) groups excluding carboxylic acids is 1. The predicted octanol–water partition coefficient (Wildman–Crippen LogP) is 3.15. The molecular weight excluding hydrogens is 292 g/mol. The summed E-state index contributed by atoms with van der Waals surface area (Å²) in [6, 6.07) is 7.34. The smallest absolute Gasteiger partial charge is 0.362 e. The maximum Gasteiger partial charge on any atom is 0.362 e. The standard InChI is InChI=1S/C18H22N2O3/c1-2-23-18(22)16-17(21)14-10-6-7-11-15(14)20(19-16)12-13-8-4-3-5-9-13/h6-7,10-11,13H,2-5,8-9,12H2,1H3. The number of para-hydroxylation sites is 1. The summed E-state index contributed by atoms with van der Waals surface area (Å²) < 4.78 is 6.81. The molecule has 0 radical (unpaired) electrons. The van der Waals surface area contributed by atoms with Gasteiger partial charge in [-0.3, -0.25) is 9.48 Å². The van der Waals surface area contributed by atoms with Crippen molar-refractivity contribution in [2.75, 3.05) is 6.61 Å². The highest BCUT2D eigenvalue weighted by Gasteiger charge is 2.20. The number of rotatable bonds is 4. The molecule has 2 aromatic rings. The molecule has 0 aliphatic heterocycles. The van der Waals surface area contributed by atoms with Gasteiger partial charge in [-0.2, -0.15) is 5.10 Å². The zero-order chi connectivity index (χ0) is 16.2. The molecule has 1 fully saturated rings. The first kappa shape index (κ1) is 15.7. The van der Waals surface area contributed by atoms with Gasteiger partial charge in [0.15, 0.2) is 0 Å². The van der Waals surface area contributed by atoms with E-state index < -0.39 is 5.97 Å². The Labute approximate surface area is 135 Å². The molecule has 0 unspecified atom stereocenters. The van der Waals surface area contributed by atoms with Crippen molar-refractivity contribution in [3.8, 4) is 0 Å². The Morgan fingerprint density at radius 2 is 2.00 bits per heavy atom. The third-order valence-corrected chi connectivity index (χ3v) is 4.49. The lowest BCUT2D eigenvalue weighted by molar-refractivity contribution is 0.0515. The second-order valence-corrected chi connectivity index (χ2v) is 6.10. The molecule has 0 atom stereocenters. The summed E-state index contributed by atoms with van der Waals surface area (Å²) >= 11 is 0. The molecule has 3 rings (SSSR count). The van der Waals surface area contributed by atoms with Crippen molar-refractivity contribution in [2.24, 2.45) is 5.92 Å². The number of esters is 1. The van der Waals surface area contributed by atoms with Crippen LogP contribution in [-0.2, 0) is 11.3 Å². The number of nitrogens with zero attached hydrogens (tertiary/aromatic N) is 2. The number of carbonyl (C=O) groups is 1. The van der Waals surface area contributed by atoms with Crippen LogP contribution in [-0.4, -0.2) is 22.4 Å². The largest absolute Gasteiger partial charge is 0.461 e. The van der Waals surface area contributed by atoms with E-state index in [1.54, 1.807) is 13.0 Å². The van der Waals surface area contributed by atoms with Crippen LogP contribution < -0.4 is 5.43 Å². The molecule has 1 heterocycles. The molecule has 0 amide bonds. The average molecular weight is 314 g/mol. The molecule has 0 spiro atoms. The van der Waals surface area contributed by atoms with Gasteiger partial charge < -0.3 is 4.74 Å². The maximum absolute atomic E-state index is 12.5. The molecule has 23 heavy (non-hydrogen) atoms. The minimum absolute atomic E-state index is 0.110. The third kappa shape index (κ3) is 3.28. The topological polar surface area (TPSA) is 61.2 Å². The Hall–Kier alpha value is -2.17. The van der Waals surface area contributed by atoms with Crippen molar-refractivity contribution in [2.45, 2.75) is 45.6 Å². The van der Waals surface area contributed by atoms with Gasteiger partial charge in [-0.05, 0) is 37.8 Å². The van der Waals surface area contributed by atoms with Crippen molar-refractivity contribution < 1.29 is 9.53 Å². The van der Waals surface area contributed by atoms with Crippen LogP contribution in [0.2, 0.25) is 0 Å². The lowest BCUT2D eigenvalue weighted by atomic mass is 9.89. The Morgan fingerprint density at radius 1 is 1.26 bits per heavy atom. The average Bonchev–Trinajstić information content (AvgIpc) is 2.58. The van der Waals surface area contributed by atoms with Gasteiger partial charge in [0.25, 0.3) is 0 Å². The highest BCUT2D eigenvalue weighted by atomic mass is 16.5. The van der Waals surface area contributed by atoms with E-state index in [0.717, 1.165) is 12.1 Å². The Balaban J connectivity index is 2.05. The summed E-state index contributed by atoms with van der Waals surface area (Å²) in [5, 5.41) is 4.87. The highest BCUT2D eigenvalue weighted by molar-refractivity contribution is 5.91. The number of fused-ring (bicyclic) bond motifs is 1. The number of aromatic nitrogens is 2. The van der Waals surface area contributed by atoms with Crippen LogP contribution in [0, 0.1) is 5.92 Å². The number of ether oxygens (including phenoxy) is 1. The van der Waals surface area contributed by atoms with Crippen molar-refractivity contribution >= 4 is 16.9 Å². The minimum Gasteiger partial charge on any atom is -0.461 e. The molecule has 1 aromatic heterocycles. The highest BCUT2D eigenvalue weighted by Crippen LogP contribution is 2.25. The third-order valence-electron chi connectivity index (χ3n) is 4.49. The van der Waals surface area contributed by atoms with Crippen LogP contribution in [0.4, 0.5) is 0 Å². The summed E-state index contributed by atoms with van der Waals surface area (Å²) in [4.78, 5) is 24.6. The first-order chi connectivity index (χ1) is 11.2.